The van der Waals surface area contributed by atoms with Gasteiger partial charge in [0.25, 0.3) is 0 Å². The van der Waals surface area contributed by atoms with Gasteiger partial charge in [0, 0.05) is 37.7 Å². The lowest BCUT2D eigenvalue weighted by molar-refractivity contribution is -0.221. The first-order chi connectivity index (χ1) is 18.9. The van der Waals surface area contributed by atoms with Crippen molar-refractivity contribution in [2.24, 2.45) is 52.3 Å². The van der Waals surface area contributed by atoms with Crippen LogP contribution >= 0.6 is 0 Å². The predicted octanol–water partition coefficient (Wildman–Crippen LogP) is 6.40. The molecule has 40 heavy (non-hydrogen) atoms. The number of carbonyl (C=O) groups excluding carboxylic acids is 3. The summed E-state index contributed by atoms with van der Waals surface area (Å²) in [6.07, 6.45) is 9.18. The van der Waals surface area contributed by atoms with E-state index in [1.807, 2.05) is 0 Å². The normalized spacial score (nSPS) is 41.4. The molecule has 0 amide bonds. The molecule has 0 heterocycles. The Hall–Kier alpha value is -2.36. The Bertz CT molecular complexity index is 1060. The van der Waals surface area contributed by atoms with Crippen molar-refractivity contribution in [2.45, 2.75) is 112 Å². The van der Waals surface area contributed by atoms with E-state index in [0.29, 0.717) is 24.2 Å². The molecule has 4 aliphatic carbocycles. The van der Waals surface area contributed by atoms with Crippen LogP contribution in [0.25, 0.3) is 0 Å². The van der Waals surface area contributed by atoms with Crippen LogP contribution in [0.2, 0.25) is 0 Å². The van der Waals surface area contributed by atoms with Gasteiger partial charge in [0.1, 0.15) is 12.2 Å². The van der Waals surface area contributed by atoms with Gasteiger partial charge in [-0.2, -0.15) is 5.26 Å². The molecule has 4 fully saturated rings. The van der Waals surface area contributed by atoms with E-state index >= 15 is 0 Å². The summed E-state index contributed by atoms with van der Waals surface area (Å²) in [5.41, 5.74) is 0.941. The molecule has 0 spiro atoms. The molecule has 0 N–H and O–H groups in total. The third-order valence-electron chi connectivity index (χ3n) is 12.1. The van der Waals surface area contributed by atoms with Gasteiger partial charge in [0.05, 0.1) is 13.2 Å². The molecule has 0 aromatic heterocycles. The lowest BCUT2D eigenvalue weighted by Gasteiger charge is -2.64. The van der Waals surface area contributed by atoms with Crippen molar-refractivity contribution in [1.82, 2.24) is 0 Å². The predicted molar refractivity (Wildman–Crippen MR) is 150 cm³/mol. The zero-order chi connectivity index (χ0) is 29.4. The minimum Gasteiger partial charge on any atom is -0.469 e. The lowest BCUT2D eigenvalue weighted by atomic mass is 9.42. The number of allylic oxidation sites excluding steroid dienone is 2. The molecule has 0 aromatic rings. The second-order valence-corrected chi connectivity index (χ2v) is 13.8. The van der Waals surface area contributed by atoms with Crippen LogP contribution in [-0.4, -0.2) is 37.2 Å². The molecule has 0 unspecified atom stereocenters. The highest BCUT2D eigenvalue weighted by Crippen LogP contribution is 2.69. The molecule has 11 atom stereocenters. The van der Waals surface area contributed by atoms with Crippen molar-refractivity contribution in [1.29, 1.82) is 5.26 Å². The maximum Gasteiger partial charge on any atom is 0.305 e. The van der Waals surface area contributed by atoms with Gasteiger partial charge in [0.15, 0.2) is 0 Å². The summed E-state index contributed by atoms with van der Waals surface area (Å²) in [6.45, 7) is 12.0. The first kappa shape index (κ1) is 30.6. The summed E-state index contributed by atoms with van der Waals surface area (Å²) in [7, 11) is 1.43. The minimum atomic E-state index is -0.257. The third kappa shape index (κ3) is 5.44. The number of esters is 3. The quantitative estimate of drug-likeness (QED) is 0.203. The van der Waals surface area contributed by atoms with Crippen LogP contribution in [0.3, 0.4) is 0 Å². The summed E-state index contributed by atoms with van der Waals surface area (Å²) in [6, 6.07) is 2.21. The van der Waals surface area contributed by atoms with Crippen LogP contribution in [0.15, 0.2) is 11.6 Å². The Morgan fingerprint density at radius 1 is 1.00 bits per heavy atom. The van der Waals surface area contributed by atoms with Gasteiger partial charge in [-0.1, -0.05) is 26.3 Å². The van der Waals surface area contributed by atoms with Gasteiger partial charge >= 0.3 is 17.9 Å². The molecule has 7 nitrogen and oxygen atoms in total. The Kier molecular flexibility index (Phi) is 9.07. The van der Waals surface area contributed by atoms with E-state index in [4.69, 9.17) is 14.2 Å². The number of carbonyl (C=O) groups is 3. The largest absolute Gasteiger partial charge is 0.469 e. The number of methoxy groups -OCH3 is 1. The first-order valence-electron chi connectivity index (χ1n) is 15.3. The highest BCUT2D eigenvalue weighted by atomic mass is 16.5. The zero-order valence-electron chi connectivity index (χ0n) is 25.5. The van der Waals surface area contributed by atoms with Crippen molar-refractivity contribution < 1.29 is 28.6 Å². The molecule has 0 saturated heterocycles. The summed E-state index contributed by atoms with van der Waals surface area (Å²) < 4.78 is 17.3. The molecule has 0 aromatic carbocycles. The minimum absolute atomic E-state index is 0.0546. The summed E-state index contributed by atoms with van der Waals surface area (Å²) in [4.78, 5) is 36.9. The number of nitriles is 1. The second-order valence-electron chi connectivity index (χ2n) is 13.8. The molecule has 4 aliphatic rings. The molecule has 0 radical (unpaired) electrons. The summed E-state index contributed by atoms with van der Waals surface area (Å²) in [5, 5.41) is 9.24. The number of nitrogens with zero attached hydrogens (tertiary/aromatic N) is 1. The number of ether oxygens (including phenoxy) is 3. The zero-order valence-corrected chi connectivity index (χ0v) is 25.5. The number of fused-ring (bicyclic) bond motifs is 5. The van der Waals surface area contributed by atoms with E-state index in [9.17, 15) is 19.6 Å². The highest BCUT2D eigenvalue weighted by molar-refractivity contribution is 5.69. The van der Waals surface area contributed by atoms with Crippen LogP contribution in [-0.2, 0) is 28.6 Å². The van der Waals surface area contributed by atoms with Crippen molar-refractivity contribution in [2.75, 3.05) is 7.11 Å². The molecule has 0 aliphatic heterocycles. The van der Waals surface area contributed by atoms with Crippen LogP contribution in [0.5, 0.6) is 0 Å². The molecular formula is C33H49NO6. The molecular weight excluding hydrogens is 506 g/mol. The Balaban J connectivity index is 1.71. The van der Waals surface area contributed by atoms with Gasteiger partial charge < -0.3 is 14.2 Å². The monoisotopic (exact) mass is 555 g/mol. The Labute approximate surface area is 240 Å². The molecule has 222 valence electrons. The van der Waals surface area contributed by atoms with Gasteiger partial charge in [-0.05, 0) is 99.2 Å². The second kappa shape index (κ2) is 11.9. The number of rotatable bonds is 7. The van der Waals surface area contributed by atoms with Crippen molar-refractivity contribution in [3.05, 3.63) is 11.6 Å². The fourth-order valence-corrected chi connectivity index (χ4v) is 10.1. The fourth-order valence-electron chi connectivity index (χ4n) is 10.1. The topological polar surface area (TPSA) is 103 Å². The third-order valence-corrected chi connectivity index (χ3v) is 12.1. The van der Waals surface area contributed by atoms with Gasteiger partial charge in [-0.3, -0.25) is 14.4 Å². The molecule has 7 heteroatoms. The van der Waals surface area contributed by atoms with E-state index in [-0.39, 0.29) is 64.6 Å². The number of hydrogen-bond acceptors (Lipinski definition) is 7. The van der Waals surface area contributed by atoms with Crippen LogP contribution in [0.1, 0.15) is 99.3 Å². The van der Waals surface area contributed by atoms with Crippen molar-refractivity contribution in [3.8, 4) is 6.07 Å². The maximum atomic E-state index is 12.5. The Morgan fingerprint density at radius 2 is 1.70 bits per heavy atom. The average Bonchev–Trinajstić information content (AvgIpc) is 3.25. The van der Waals surface area contributed by atoms with Gasteiger partial charge in [0.2, 0.25) is 0 Å². The van der Waals surface area contributed by atoms with Crippen LogP contribution in [0, 0.1) is 63.6 Å². The van der Waals surface area contributed by atoms with Crippen molar-refractivity contribution in [3.63, 3.8) is 0 Å². The molecule has 4 rings (SSSR count). The van der Waals surface area contributed by atoms with E-state index in [2.05, 4.69) is 33.8 Å². The highest BCUT2D eigenvalue weighted by Gasteiger charge is 2.67. The van der Waals surface area contributed by atoms with Crippen LogP contribution in [0.4, 0.5) is 0 Å². The molecule has 4 saturated carbocycles. The first-order valence-corrected chi connectivity index (χ1v) is 15.3. The Morgan fingerprint density at radius 3 is 2.33 bits per heavy atom. The SMILES string of the molecule is COC(=O)CC[C@@H](C)[C@H]1CC[C@H]2[C@@H]3[C@H](OC(C)=O)C[C@@H]4C[C@H](/C(C)=C/C#N)CC[C@]4(C)[C@H]3C[C@H](OC(C)=O)[C@]12C. The summed E-state index contributed by atoms with van der Waals surface area (Å²) in [5.74, 6) is 1.41. The number of hydrogen-bond donors (Lipinski definition) is 0. The van der Waals surface area contributed by atoms with Gasteiger partial charge in [-0.15, -0.1) is 0 Å². The lowest BCUT2D eigenvalue weighted by Crippen LogP contribution is -2.63. The van der Waals surface area contributed by atoms with Gasteiger partial charge in [-0.25, -0.2) is 0 Å². The molecule has 0 bridgehead atoms. The fraction of sp³-hybridized carbons (Fsp3) is 0.818. The average molecular weight is 556 g/mol. The standard InChI is InChI=1S/C33H49NO6/c1-19(13-15-34)23-12-14-32(5)24(16-23)17-28(39-21(3)35)31-26-10-9-25(20(2)8-11-30(37)38-7)33(26,6)29(18-27(31)32)40-22(4)36/h13,20,23-29,31H,8-12,14,16-18H2,1-7H3/b19-13+/t20-,23-,24+,25-,26+,27+,28-,29+,31+,32+,33-/m1/s1. The smallest absolute Gasteiger partial charge is 0.305 e. The van der Waals surface area contributed by atoms with E-state index in [1.165, 1.54) is 21.0 Å². The van der Waals surface area contributed by atoms with E-state index in [1.54, 1.807) is 6.08 Å². The maximum absolute atomic E-state index is 12.5. The van der Waals surface area contributed by atoms with E-state index < -0.39 is 0 Å². The summed E-state index contributed by atoms with van der Waals surface area (Å²) >= 11 is 0. The van der Waals surface area contributed by atoms with E-state index in [0.717, 1.165) is 56.9 Å². The van der Waals surface area contributed by atoms with Crippen molar-refractivity contribution >= 4 is 17.9 Å². The van der Waals surface area contributed by atoms with Crippen LogP contribution < -0.4 is 0 Å².